The van der Waals surface area contributed by atoms with Gasteiger partial charge in [0.25, 0.3) is 0 Å². The molecule has 2 rings (SSSR count). The smallest absolute Gasteiger partial charge is 0.212 e. The molecule has 0 amide bonds. The molecule has 1 heterocycles. The van der Waals surface area contributed by atoms with E-state index in [0.717, 1.165) is 6.42 Å². The molecule has 0 radical (unpaired) electrons. The van der Waals surface area contributed by atoms with Crippen LogP contribution < -0.4 is 0 Å². The summed E-state index contributed by atoms with van der Waals surface area (Å²) in [4.78, 5) is 12.5. The Bertz CT molecular complexity index is 622. The summed E-state index contributed by atoms with van der Waals surface area (Å²) in [6.07, 6.45) is 2.31. The van der Waals surface area contributed by atoms with Crippen LogP contribution in [0.25, 0.3) is 0 Å². The van der Waals surface area contributed by atoms with E-state index in [1.807, 2.05) is 6.92 Å². The predicted molar refractivity (Wildman–Crippen MR) is 72.1 cm³/mol. The second-order valence-electron chi connectivity index (χ2n) is 4.35. The molecule has 3 nitrogen and oxygen atoms in total. The van der Waals surface area contributed by atoms with Crippen molar-refractivity contribution >= 4 is 17.4 Å². The second-order valence-corrected chi connectivity index (χ2v) is 4.76. The molecule has 2 aromatic rings. The summed E-state index contributed by atoms with van der Waals surface area (Å²) in [7, 11) is 0. The fourth-order valence-electron chi connectivity index (χ4n) is 1.98. The first kappa shape index (κ1) is 13.7. The Morgan fingerprint density at radius 2 is 2.21 bits per heavy atom. The van der Waals surface area contributed by atoms with Crippen LogP contribution in [0.4, 0.5) is 4.39 Å². The van der Waals surface area contributed by atoms with Gasteiger partial charge in [0.15, 0.2) is 0 Å². The summed E-state index contributed by atoms with van der Waals surface area (Å²) >= 11 is 6.03. The van der Waals surface area contributed by atoms with Crippen molar-refractivity contribution < 1.29 is 9.18 Å². The van der Waals surface area contributed by atoms with Gasteiger partial charge in [-0.2, -0.15) is 5.10 Å². The molecule has 1 aromatic heterocycles. The van der Waals surface area contributed by atoms with Crippen molar-refractivity contribution in [1.82, 2.24) is 9.78 Å². The lowest BCUT2D eigenvalue weighted by molar-refractivity contribution is 0.102. The second kappa shape index (κ2) is 5.53. The molecule has 5 heteroatoms. The van der Waals surface area contributed by atoms with E-state index in [-0.39, 0.29) is 11.6 Å². The molecular weight excluding hydrogens is 267 g/mol. The molecule has 100 valence electrons. The van der Waals surface area contributed by atoms with Crippen LogP contribution in [-0.4, -0.2) is 15.6 Å². The van der Waals surface area contributed by atoms with Gasteiger partial charge in [0.1, 0.15) is 11.5 Å². The summed E-state index contributed by atoms with van der Waals surface area (Å²) in [5.74, 6) is -0.587. The molecule has 0 fully saturated rings. The molecule has 0 saturated carbocycles. The van der Waals surface area contributed by atoms with E-state index in [0.29, 0.717) is 28.4 Å². The summed E-state index contributed by atoms with van der Waals surface area (Å²) < 4.78 is 14.7. The molecule has 0 unspecified atom stereocenters. The summed E-state index contributed by atoms with van der Waals surface area (Å²) in [6, 6.07) is 4.09. The Kier molecular flexibility index (Phi) is 4.00. The van der Waals surface area contributed by atoms with Crippen LogP contribution in [0.3, 0.4) is 0 Å². The van der Waals surface area contributed by atoms with Gasteiger partial charge in [-0.15, -0.1) is 0 Å². The number of halogens is 2. The van der Waals surface area contributed by atoms with Crippen LogP contribution in [0, 0.1) is 12.7 Å². The molecule has 0 bridgehead atoms. The standard InChI is InChI=1S/C14H14ClFN2O/c1-3-6-18-13(12(15)8-17-18)14(19)11-5-4-10(16)7-9(11)2/h4-5,7-8H,3,6H2,1-2H3. The molecular formula is C14H14ClFN2O. The number of hydrogen-bond acceptors (Lipinski definition) is 2. The van der Waals surface area contributed by atoms with E-state index in [1.165, 1.54) is 24.4 Å². The number of carbonyl (C=O) groups is 1. The van der Waals surface area contributed by atoms with E-state index >= 15 is 0 Å². The lowest BCUT2D eigenvalue weighted by Crippen LogP contribution is -2.13. The first-order chi connectivity index (χ1) is 9.04. The van der Waals surface area contributed by atoms with Gasteiger partial charge in [0, 0.05) is 12.1 Å². The average molecular weight is 281 g/mol. The number of carbonyl (C=O) groups excluding carboxylic acids is 1. The molecule has 0 saturated heterocycles. The number of nitrogens with zero attached hydrogens (tertiary/aromatic N) is 2. The molecule has 0 atom stereocenters. The topological polar surface area (TPSA) is 34.9 Å². The van der Waals surface area contributed by atoms with Gasteiger partial charge < -0.3 is 0 Å². The van der Waals surface area contributed by atoms with E-state index < -0.39 is 0 Å². The van der Waals surface area contributed by atoms with E-state index in [9.17, 15) is 9.18 Å². The van der Waals surface area contributed by atoms with Gasteiger partial charge in [0.05, 0.1) is 11.2 Å². The average Bonchev–Trinajstić information content (AvgIpc) is 2.70. The van der Waals surface area contributed by atoms with Crippen LogP contribution in [0.1, 0.15) is 35.0 Å². The van der Waals surface area contributed by atoms with Gasteiger partial charge in [-0.1, -0.05) is 18.5 Å². The van der Waals surface area contributed by atoms with Crippen LogP contribution in [-0.2, 0) is 6.54 Å². The third-order valence-corrected chi connectivity index (χ3v) is 3.15. The number of rotatable bonds is 4. The van der Waals surface area contributed by atoms with Gasteiger partial charge in [0.2, 0.25) is 5.78 Å². The highest BCUT2D eigenvalue weighted by Crippen LogP contribution is 2.21. The minimum absolute atomic E-state index is 0.228. The SMILES string of the molecule is CCCn1ncc(Cl)c1C(=O)c1ccc(F)cc1C. The normalized spacial score (nSPS) is 10.7. The number of ketones is 1. The Balaban J connectivity index is 2.46. The van der Waals surface area contributed by atoms with Gasteiger partial charge in [-0.3, -0.25) is 9.48 Å². The van der Waals surface area contributed by atoms with E-state index in [4.69, 9.17) is 11.6 Å². The molecule has 0 spiro atoms. The summed E-state index contributed by atoms with van der Waals surface area (Å²) in [5, 5.41) is 4.41. The highest BCUT2D eigenvalue weighted by Gasteiger charge is 2.20. The number of aryl methyl sites for hydroxylation is 2. The van der Waals surface area contributed by atoms with Crippen LogP contribution in [0.15, 0.2) is 24.4 Å². The quantitative estimate of drug-likeness (QED) is 0.802. The predicted octanol–water partition coefficient (Wildman–Crippen LogP) is 3.63. The summed E-state index contributed by atoms with van der Waals surface area (Å²) in [5.41, 5.74) is 1.39. The van der Waals surface area contributed by atoms with Crippen molar-refractivity contribution in [2.24, 2.45) is 0 Å². The zero-order chi connectivity index (χ0) is 14.0. The van der Waals surface area contributed by atoms with Crippen molar-refractivity contribution in [1.29, 1.82) is 0 Å². The lowest BCUT2D eigenvalue weighted by Gasteiger charge is -2.08. The molecule has 0 N–H and O–H groups in total. The summed E-state index contributed by atoms with van der Waals surface area (Å²) in [6.45, 7) is 4.31. The van der Waals surface area contributed by atoms with Crippen molar-refractivity contribution in [2.45, 2.75) is 26.8 Å². The maximum absolute atomic E-state index is 13.1. The van der Waals surface area contributed by atoms with Crippen LogP contribution in [0.2, 0.25) is 5.02 Å². The number of aromatic nitrogens is 2. The Hall–Kier alpha value is -1.68. The zero-order valence-corrected chi connectivity index (χ0v) is 11.5. The Morgan fingerprint density at radius 3 is 2.84 bits per heavy atom. The first-order valence-corrected chi connectivity index (χ1v) is 6.44. The van der Waals surface area contributed by atoms with E-state index in [1.54, 1.807) is 11.6 Å². The molecule has 0 aliphatic rings. The molecule has 19 heavy (non-hydrogen) atoms. The van der Waals surface area contributed by atoms with E-state index in [2.05, 4.69) is 5.10 Å². The van der Waals surface area contributed by atoms with Crippen molar-refractivity contribution in [2.75, 3.05) is 0 Å². The Labute approximate surface area is 116 Å². The third kappa shape index (κ3) is 2.68. The third-order valence-electron chi connectivity index (χ3n) is 2.88. The fourth-order valence-corrected chi connectivity index (χ4v) is 2.21. The van der Waals surface area contributed by atoms with Crippen molar-refractivity contribution in [3.63, 3.8) is 0 Å². The highest BCUT2D eigenvalue weighted by atomic mass is 35.5. The van der Waals surface area contributed by atoms with Crippen LogP contribution >= 0.6 is 11.6 Å². The molecule has 0 aliphatic carbocycles. The van der Waals surface area contributed by atoms with Gasteiger partial charge >= 0.3 is 0 Å². The molecule has 0 aliphatic heterocycles. The largest absolute Gasteiger partial charge is 0.287 e. The minimum atomic E-state index is -0.359. The highest BCUT2D eigenvalue weighted by molar-refractivity contribution is 6.34. The van der Waals surface area contributed by atoms with Crippen molar-refractivity contribution in [3.8, 4) is 0 Å². The minimum Gasteiger partial charge on any atom is -0.287 e. The number of hydrogen-bond donors (Lipinski definition) is 0. The monoisotopic (exact) mass is 280 g/mol. The maximum atomic E-state index is 13.1. The zero-order valence-electron chi connectivity index (χ0n) is 10.8. The lowest BCUT2D eigenvalue weighted by atomic mass is 10.0. The molecule has 1 aromatic carbocycles. The first-order valence-electron chi connectivity index (χ1n) is 6.06. The maximum Gasteiger partial charge on any atom is 0.212 e. The number of benzene rings is 1. The van der Waals surface area contributed by atoms with Gasteiger partial charge in [-0.05, 0) is 37.1 Å². The Morgan fingerprint density at radius 1 is 1.47 bits per heavy atom. The van der Waals surface area contributed by atoms with Gasteiger partial charge in [-0.25, -0.2) is 4.39 Å². The fraction of sp³-hybridized carbons (Fsp3) is 0.286. The van der Waals surface area contributed by atoms with Crippen LogP contribution in [0.5, 0.6) is 0 Å². The van der Waals surface area contributed by atoms with Crippen molar-refractivity contribution in [3.05, 3.63) is 52.1 Å².